The number of hydrogen-bond donors (Lipinski definition) is 0. The molecule has 7 heteroatoms. The van der Waals surface area contributed by atoms with Gasteiger partial charge in [0, 0.05) is 18.6 Å². The Hall–Kier alpha value is -3.01. The molecule has 2 atom stereocenters. The first-order valence-electron chi connectivity index (χ1n) is 8.81. The first-order valence-corrected chi connectivity index (χ1v) is 8.81. The molecule has 0 fully saturated rings. The third-order valence-corrected chi connectivity index (χ3v) is 4.65. The maximum absolute atomic E-state index is 12.7. The van der Waals surface area contributed by atoms with Crippen LogP contribution in [0.4, 0.5) is 0 Å². The van der Waals surface area contributed by atoms with E-state index in [-0.39, 0.29) is 12.5 Å². The van der Waals surface area contributed by atoms with Gasteiger partial charge in [-0.3, -0.25) is 9.59 Å². The highest BCUT2D eigenvalue weighted by atomic mass is 16.6. The summed E-state index contributed by atoms with van der Waals surface area (Å²) in [6, 6.07) is 6.56. The van der Waals surface area contributed by atoms with E-state index < -0.39 is 23.7 Å². The molecule has 27 heavy (non-hydrogen) atoms. The van der Waals surface area contributed by atoms with Crippen LogP contribution in [-0.2, 0) is 19.1 Å². The molecule has 2 aliphatic rings. The van der Waals surface area contributed by atoms with Crippen molar-refractivity contribution in [1.82, 2.24) is 4.90 Å². The van der Waals surface area contributed by atoms with Crippen LogP contribution in [0.3, 0.4) is 0 Å². The number of carbonyl (C=O) groups excluding carboxylic acids is 2. The Labute approximate surface area is 158 Å². The van der Waals surface area contributed by atoms with Gasteiger partial charge in [0.2, 0.25) is 0 Å². The summed E-state index contributed by atoms with van der Waals surface area (Å²) in [5.74, 6) is 0.425. The van der Waals surface area contributed by atoms with E-state index in [9.17, 15) is 14.9 Å². The maximum atomic E-state index is 12.7. The predicted octanol–water partition coefficient (Wildman–Crippen LogP) is 2.46. The highest BCUT2D eigenvalue weighted by Crippen LogP contribution is 2.45. The normalized spacial score (nSPS) is 23.0. The van der Waals surface area contributed by atoms with E-state index in [2.05, 4.69) is 6.07 Å². The second-order valence-corrected chi connectivity index (χ2v) is 7.05. The number of esters is 1. The number of amides is 1. The largest absolute Gasteiger partial charge is 0.496 e. The van der Waals surface area contributed by atoms with Crippen LogP contribution in [0.1, 0.15) is 44.9 Å². The fourth-order valence-electron chi connectivity index (χ4n) is 3.56. The van der Waals surface area contributed by atoms with E-state index in [4.69, 9.17) is 14.2 Å². The molecular formula is C20H22N2O5. The topological polar surface area (TPSA) is 88.9 Å². The standard InChI is InChI=1S/C20H22N2O5/c1-5-25-14-9-17(24)22(11-14)18-15-8-13(10-21)6-7-16(15)27-20(3,4)19(18)26-12(2)23/h6-9,18-19H,5,11H2,1-4H3/t18-,19+/m0/s1. The third kappa shape index (κ3) is 3.47. The van der Waals surface area contributed by atoms with Crippen molar-refractivity contribution >= 4 is 11.9 Å². The number of ether oxygens (including phenoxy) is 3. The summed E-state index contributed by atoms with van der Waals surface area (Å²) < 4.78 is 17.2. The van der Waals surface area contributed by atoms with Gasteiger partial charge in [-0.05, 0) is 39.0 Å². The summed E-state index contributed by atoms with van der Waals surface area (Å²) in [7, 11) is 0. The van der Waals surface area contributed by atoms with Crippen molar-refractivity contribution in [3.05, 3.63) is 41.2 Å². The lowest BCUT2D eigenvalue weighted by Crippen LogP contribution is -2.55. The summed E-state index contributed by atoms with van der Waals surface area (Å²) in [6.07, 6.45) is 0.708. The number of hydrogen-bond acceptors (Lipinski definition) is 6. The number of benzene rings is 1. The van der Waals surface area contributed by atoms with Gasteiger partial charge >= 0.3 is 5.97 Å². The van der Waals surface area contributed by atoms with Crippen LogP contribution in [-0.4, -0.2) is 41.6 Å². The van der Waals surface area contributed by atoms with E-state index in [1.807, 2.05) is 20.8 Å². The summed E-state index contributed by atoms with van der Waals surface area (Å²) in [4.78, 5) is 26.1. The lowest BCUT2D eigenvalue weighted by molar-refractivity contribution is -0.171. The number of carbonyl (C=O) groups is 2. The van der Waals surface area contributed by atoms with Crippen molar-refractivity contribution in [2.45, 2.75) is 45.4 Å². The minimum Gasteiger partial charge on any atom is -0.496 e. The zero-order valence-electron chi connectivity index (χ0n) is 15.8. The van der Waals surface area contributed by atoms with Gasteiger partial charge in [-0.1, -0.05) is 0 Å². The van der Waals surface area contributed by atoms with Crippen LogP contribution in [0.2, 0.25) is 0 Å². The first kappa shape index (κ1) is 18.8. The molecule has 0 radical (unpaired) electrons. The zero-order chi connectivity index (χ0) is 19.8. The van der Waals surface area contributed by atoms with E-state index in [1.165, 1.54) is 13.0 Å². The molecule has 7 nitrogen and oxygen atoms in total. The maximum Gasteiger partial charge on any atom is 0.303 e. The molecule has 0 bridgehead atoms. The molecule has 1 amide bonds. The molecule has 0 saturated carbocycles. The van der Waals surface area contributed by atoms with Crippen LogP contribution in [0, 0.1) is 11.3 Å². The van der Waals surface area contributed by atoms with Gasteiger partial charge in [0.05, 0.1) is 24.8 Å². The number of nitriles is 1. The van der Waals surface area contributed by atoms with E-state index in [1.54, 1.807) is 23.1 Å². The van der Waals surface area contributed by atoms with Crippen LogP contribution < -0.4 is 4.74 Å². The summed E-state index contributed by atoms with van der Waals surface area (Å²) >= 11 is 0. The fraction of sp³-hybridized carbons (Fsp3) is 0.450. The van der Waals surface area contributed by atoms with Crippen LogP contribution in [0.25, 0.3) is 0 Å². The Morgan fingerprint density at radius 2 is 2.19 bits per heavy atom. The lowest BCUT2D eigenvalue weighted by atomic mass is 9.84. The molecule has 0 saturated heterocycles. The number of rotatable bonds is 4. The van der Waals surface area contributed by atoms with Crippen molar-refractivity contribution in [3.63, 3.8) is 0 Å². The Balaban J connectivity index is 2.10. The van der Waals surface area contributed by atoms with Gasteiger partial charge < -0.3 is 19.1 Å². The molecule has 2 heterocycles. The highest BCUT2D eigenvalue weighted by Gasteiger charge is 2.50. The summed E-state index contributed by atoms with van der Waals surface area (Å²) in [6.45, 7) is 7.51. The van der Waals surface area contributed by atoms with Gasteiger partial charge in [-0.15, -0.1) is 0 Å². The van der Waals surface area contributed by atoms with Crippen molar-refractivity contribution in [3.8, 4) is 11.8 Å². The molecule has 0 N–H and O–H groups in total. The molecule has 0 unspecified atom stereocenters. The van der Waals surface area contributed by atoms with Crippen LogP contribution in [0.15, 0.2) is 30.0 Å². The minimum atomic E-state index is -0.869. The van der Waals surface area contributed by atoms with Crippen LogP contribution in [0.5, 0.6) is 5.75 Å². The Morgan fingerprint density at radius 1 is 1.44 bits per heavy atom. The summed E-state index contributed by atoms with van der Waals surface area (Å²) in [5, 5.41) is 9.28. The Bertz CT molecular complexity index is 852. The molecule has 142 valence electrons. The molecular weight excluding hydrogens is 348 g/mol. The van der Waals surface area contributed by atoms with Crippen molar-refractivity contribution in [2.24, 2.45) is 0 Å². The summed E-state index contributed by atoms with van der Waals surface area (Å²) in [5.41, 5.74) is 0.207. The number of nitrogens with zero attached hydrogens (tertiary/aromatic N) is 2. The molecule has 0 spiro atoms. The SMILES string of the molecule is CCOC1=CC(=O)N([C@H]2c3cc(C#N)ccc3OC(C)(C)[C@@H]2OC(C)=O)C1. The van der Waals surface area contributed by atoms with E-state index in [0.29, 0.717) is 29.2 Å². The van der Waals surface area contributed by atoms with Crippen molar-refractivity contribution < 1.29 is 23.8 Å². The molecule has 3 rings (SSSR count). The van der Waals surface area contributed by atoms with Crippen molar-refractivity contribution in [1.29, 1.82) is 5.26 Å². The monoisotopic (exact) mass is 370 g/mol. The first-order chi connectivity index (χ1) is 12.8. The Morgan fingerprint density at radius 3 is 2.81 bits per heavy atom. The van der Waals surface area contributed by atoms with Gasteiger partial charge in [0.15, 0.2) is 6.10 Å². The predicted molar refractivity (Wildman–Crippen MR) is 95.6 cm³/mol. The second-order valence-electron chi connectivity index (χ2n) is 7.05. The van der Waals surface area contributed by atoms with E-state index in [0.717, 1.165) is 0 Å². The highest BCUT2D eigenvalue weighted by molar-refractivity contribution is 5.91. The average Bonchev–Trinajstić information content (AvgIpc) is 2.95. The van der Waals surface area contributed by atoms with E-state index >= 15 is 0 Å². The zero-order valence-corrected chi connectivity index (χ0v) is 15.8. The molecule has 0 aliphatic carbocycles. The fourth-order valence-corrected chi connectivity index (χ4v) is 3.56. The number of fused-ring (bicyclic) bond motifs is 1. The van der Waals surface area contributed by atoms with Gasteiger partial charge in [-0.25, -0.2) is 0 Å². The second kappa shape index (κ2) is 6.95. The minimum absolute atomic E-state index is 0.230. The lowest BCUT2D eigenvalue weighted by Gasteiger charge is -2.46. The van der Waals surface area contributed by atoms with Crippen molar-refractivity contribution in [2.75, 3.05) is 13.2 Å². The smallest absolute Gasteiger partial charge is 0.303 e. The third-order valence-electron chi connectivity index (χ3n) is 4.65. The quantitative estimate of drug-likeness (QED) is 0.757. The average molecular weight is 370 g/mol. The Kier molecular flexibility index (Phi) is 4.83. The molecule has 2 aliphatic heterocycles. The van der Waals surface area contributed by atoms with Gasteiger partial charge in [0.1, 0.15) is 23.2 Å². The van der Waals surface area contributed by atoms with Crippen LogP contribution >= 0.6 is 0 Å². The molecule has 1 aromatic carbocycles. The van der Waals surface area contributed by atoms with Gasteiger partial charge in [0.25, 0.3) is 5.91 Å². The molecule has 0 aromatic heterocycles. The van der Waals surface area contributed by atoms with Gasteiger partial charge in [-0.2, -0.15) is 5.26 Å². The molecule has 1 aromatic rings.